The summed E-state index contributed by atoms with van der Waals surface area (Å²) in [5, 5.41) is 9.89. The number of hydrogen-bond donors (Lipinski definition) is 2. The molecule has 2 N–H and O–H groups in total. The zero-order chi connectivity index (χ0) is 13.8. The highest BCUT2D eigenvalue weighted by Crippen LogP contribution is 2.24. The maximum atomic E-state index is 12.0. The molecule has 100 valence electrons. The quantitative estimate of drug-likeness (QED) is 0.847. The van der Waals surface area contributed by atoms with Gasteiger partial charge in [-0.2, -0.15) is 5.10 Å². The lowest BCUT2D eigenvalue weighted by molar-refractivity contribution is -0.115. The van der Waals surface area contributed by atoms with Gasteiger partial charge >= 0.3 is 0 Å². The second-order valence-corrected chi connectivity index (χ2v) is 5.70. The minimum atomic E-state index is -0.374. The number of amides is 1. The van der Waals surface area contributed by atoms with E-state index in [1.54, 1.807) is 6.92 Å². The van der Waals surface area contributed by atoms with Crippen LogP contribution in [-0.4, -0.2) is 31.3 Å². The Morgan fingerprint density at radius 2 is 2.26 bits per heavy atom. The second-order valence-electron chi connectivity index (χ2n) is 3.52. The van der Waals surface area contributed by atoms with Gasteiger partial charge in [-0.3, -0.25) is 9.89 Å². The van der Waals surface area contributed by atoms with Gasteiger partial charge in [0.25, 0.3) is 0 Å². The first-order chi connectivity index (χ1) is 9.06. The Labute approximate surface area is 123 Å². The molecular weight excluding hydrogens is 309 g/mol. The van der Waals surface area contributed by atoms with E-state index in [4.69, 9.17) is 23.2 Å². The molecule has 0 saturated heterocycles. The van der Waals surface area contributed by atoms with Crippen molar-refractivity contribution >= 4 is 46.7 Å². The average molecular weight is 318 g/mol. The second kappa shape index (κ2) is 6.23. The van der Waals surface area contributed by atoms with Crippen molar-refractivity contribution in [3.8, 4) is 0 Å². The van der Waals surface area contributed by atoms with Crippen molar-refractivity contribution in [2.75, 3.05) is 5.32 Å². The summed E-state index contributed by atoms with van der Waals surface area (Å²) in [7, 11) is 0. The lowest BCUT2D eigenvalue weighted by Crippen LogP contribution is -2.23. The van der Waals surface area contributed by atoms with Crippen molar-refractivity contribution in [3.63, 3.8) is 0 Å². The fourth-order valence-corrected chi connectivity index (χ4v) is 2.34. The number of hydrogen-bond acceptors (Lipinski definition) is 5. The van der Waals surface area contributed by atoms with Gasteiger partial charge in [-0.15, -0.1) is 0 Å². The Kier molecular flexibility index (Phi) is 4.62. The summed E-state index contributed by atoms with van der Waals surface area (Å²) in [6.07, 6.45) is 2.79. The molecule has 2 rings (SSSR count). The van der Waals surface area contributed by atoms with E-state index in [9.17, 15) is 4.79 Å². The van der Waals surface area contributed by atoms with Gasteiger partial charge in [0.05, 0.1) is 15.3 Å². The third-order valence-corrected chi connectivity index (χ3v) is 3.58. The Bertz CT molecular complexity index is 577. The molecule has 19 heavy (non-hydrogen) atoms. The summed E-state index contributed by atoms with van der Waals surface area (Å²) in [5.41, 5.74) is 0. The Morgan fingerprint density at radius 3 is 2.89 bits per heavy atom. The number of carbonyl (C=O) groups is 1. The van der Waals surface area contributed by atoms with Gasteiger partial charge in [0, 0.05) is 6.20 Å². The first-order valence-corrected chi connectivity index (χ1v) is 6.83. The molecule has 0 aliphatic carbocycles. The first-order valence-electron chi connectivity index (χ1n) is 5.20. The summed E-state index contributed by atoms with van der Waals surface area (Å²) < 4.78 is 0. The fraction of sp³-hybridized carbons (Fsp3) is 0.200. The van der Waals surface area contributed by atoms with Crippen molar-refractivity contribution < 1.29 is 4.79 Å². The summed E-state index contributed by atoms with van der Waals surface area (Å²) in [4.78, 5) is 19.8. The molecule has 9 heteroatoms. The Hall–Kier alpha value is -1.31. The van der Waals surface area contributed by atoms with Gasteiger partial charge in [0.1, 0.15) is 6.33 Å². The molecule has 0 aromatic carbocycles. The highest BCUT2D eigenvalue weighted by molar-refractivity contribution is 8.00. The topological polar surface area (TPSA) is 83.6 Å². The molecule has 2 aromatic heterocycles. The van der Waals surface area contributed by atoms with Gasteiger partial charge < -0.3 is 5.32 Å². The highest BCUT2D eigenvalue weighted by atomic mass is 35.5. The van der Waals surface area contributed by atoms with Crippen molar-refractivity contribution in [2.45, 2.75) is 17.3 Å². The summed E-state index contributed by atoms with van der Waals surface area (Å²) >= 11 is 12.9. The smallest absolute Gasteiger partial charge is 0.238 e. The van der Waals surface area contributed by atoms with Crippen molar-refractivity contribution in [1.82, 2.24) is 20.2 Å². The van der Waals surface area contributed by atoms with Gasteiger partial charge in [-0.05, 0) is 13.0 Å². The number of aromatic amines is 1. The number of aromatic nitrogens is 4. The van der Waals surface area contributed by atoms with Crippen LogP contribution < -0.4 is 5.32 Å². The van der Waals surface area contributed by atoms with Crippen LogP contribution in [0.4, 0.5) is 5.82 Å². The van der Waals surface area contributed by atoms with E-state index in [1.165, 1.54) is 30.4 Å². The average Bonchev–Trinajstić information content (AvgIpc) is 2.85. The highest BCUT2D eigenvalue weighted by Gasteiger charge is 2.17. The molecule has 0 fully saturated rings. The number of carbonyl (C=O) groups excluding carboxylic acids is 1. The van der Waals surface area contributed by atoms with Crippen LogP contribution in [0.15, 0.2) is 23.7 Å². The van der Waals surface area contributed by atoms with Crippen LogP contribution in [0.3, 0.4) is 0 Å². The zero-order valence-electron chi connectivity index (χ0n) is 9.72. The van der Waals surface area contributed by atoms with E-state index in [1.807, 2.05) is 0 Å². The molecule has 0 aliphatic heterocycles. The zero-order valence-corrected chi connectivity index (χ0v) is 12.1. The van der Waals surface area contributed by atoms with Crippen LogP contribution in [0.2, 0.25) is 10.0 Å². The Balaban J connectivity index is 2.00. The van der Waals surface area contributed by atoms with Crippen molar-refractivity contribution in [1.29, 1.82) is 0 Å². The summed E-state index contributed by atoms with van der Waals surface area (Å²) in [6.45, 7) is 1.74. The van der Waals surface area contributed by atoms with Crippen LogP contribution >= 0.6 is 35.0 Å². The summed E-state index contributed by atoms with van der Waals surface area (Å²) in [5.74, 6) is 0.0409. The number of rotatable bonds is 4. The van der Waals surface area contributed by atoms with E-state index < -0.39 is 0 Å². The number of anilines is 1. The molecule has 1 amide bonds. The molecule has 1 atom stereocenters. The van der Waals surface area contributed by atoms with Gasteiger partial charge in [0.15, 0.2) is 11.0 Å². The van der Waals surface area contributed by atoms with Gasteiger partial charge in [0.2, 0.25) is 5.91 Å². The molecule has 0 bridgehead atoms. The van der Waals surface area contributed by atoms with E-state index in [2.05, 4.69) is 25.5 Å². The van der Waals surface area contributed by atoms with Crippen LogP contribution in [0, 0.1) is 0 Å². The van der Waals surface area contributed by atoms with Crippen LogP contribution in [0.1, 0.15) is 6.92 Å². The third kappa shape index (κ3) is 3.82. The predicted octanol–water partition coefficient (Wildman–Crippen LogP) is 2.63. The SMILES string of the molecule is C[C@@H](Sc1ncn[nH]1)C(=O)Nc1ncc(Cl)cc1Cl. The maximum absolute atomic E-state index is 12.0. The number of halogens is 2. The van der Waals surface area contributed by atoms with Crippen LogP contribution in [0.25, 0.3) is 0 Å². The monoisotopic (exact) mass is 317 g/mol. The fourth-order valence-electron chi connectivity index (χ4n) is 1.20. The van der Waals surface area contributed by atoms with Crippen LogP contribution in [0.5, 0.6) is 0 Å². The van der Waals surface area contributed by atoms with E-state index in [-0.39, 0.29) is 22.0 Å². The van der Waals surface area contributed by atoms with E-state index in [0.29, 0.717) is 10.2 Å². The number of pyridine rings is 1. The minimum absolute atomic E-state index is 0.238. The lowest BCUT2D eigenvalue weighted by atomic mass is 10.4. The lowest BCUT2D eigenvalue weighted by Gasteiger charge is -2.10. The molecule has 2 aromatic rings. The third-order valence-electron chi connectivity index (χ3n) is 2.10. The number of thioether (sulfide) groups is 1. The summed E-state index contributed by atoms with van der Waals surface area (Å²) in [6, 6.07) is 1.51. The minimum Gasteiger partial charge on any atom is -0.308 e. The standard InChI is InChI=1S/C10H9Cl2N5OS/c1-5(19-10-14-4-15-17-10)9(18)16-8-7(12)2-6(11)3-13-8/h2-5H,1H3,(H,13,16,18)(H,14,15,17)/t5-/m1/s1. The van der Waals surface area contributed by atoms with Gasteiger partial charge in [-0.25, -0.2) is 9.97 Å². The van der Waals surface area contributed by atoms with E-state index in [0.717, 1.165) is 0 Å². The molecular formula is C10H9Cl2N5OS. The molecule has 0 unspecified atom stereocenters. The first kappa shape index (κ1) is 14.1. The number of nitrogens with one attached hydrogen (secondary N) is 2. The molecule has 0 saturated carbocycles. The maximum Gasteiger partial charge on any atom is 0.238 e. The molecule has 2 heterocycles. The molecule has 0 spiro atoms. The van der Waals surface area contributed by atoms with Gasteiger partial charge in [-0.1, -0.05) is 35.0 Å². The molecule has 6 nitrogen and oxygen atoms in total. The normalized spacial score (nSPS) is 12.2. The van der Waals surface area contributed by atoms with Crippen LogP contribution in [-0.2, 0) is 4.79 Å². The van der Waals surface area contributed by atoms with E-state index >= 15 is 0 Å². The number of H-pyrrole nitrogens is 1. The largest absolute Gasteiger partial charge is 0.308 e. The number of nitrogens with zero attached hydrogens (tertiary/aromatic N) is 3. The molecule has 0 radical (unpaired) electrons. The molecule has 0 aliphatic rings. The predicted molar refractivity (Wildman–Crippen MR) is 74.6 cm³/mol. The Morgan fingerprint density at radius 1 is 1.47 bits per heavy atom. The van der Waals surface area contributed by atoms with Crippen molar-refractivity contribution in [3.05, 3.63) is 28.6 Å². The van der Waals surface area contributed by atoms with Crippen molar-refractivity contribution in [2.24, 2.45) is 0 Å².